The van der Waals surface area contributed by atoms with E-state index in [0.717, 1.165) is 0 Å². The van der Waals surface area contributed by atoms with Crippen molar-refractivity contribution in [3.8, 4) is 0 Å². The van der Waals surface area contributed by atoms with E-state index in [1.807, 2.05) is 23.5 Å². The van der Waals surface area contributed by atoms with Gasteiger partial charge in [-0.15, -0.1) is 0 Å². The molecule has 1 aliphatic heterocycles. The minimum atomic E-state index is 0.598. The minimum Gasteiger partial charge on any atom is -0.0877 e. The van der Waals surface area contributed by atoms with Gasteiger partial charge < -0.3 is 0 Å². The molecule has 2 aromatic carbocycles. The van der Waals surface area contributed by atoms with Crippen LogP contribution in [-0.2, 0) is 0 Å². The second-order valence-corrected chi connectivity index (χ2v) is 7.18. The lowest BCUT2D eigenvalue weighted by Crippen LogP contribution is -1.93. The van der Waals surface area contributed by atoms with Crippen LogP contribution >= 0.6 is 23.5 Å². The third-order valence-electron chi connectivity index (χ3n) is 3.17. The van der Waals surface area contributed by atoms with Gasteiger partial charge in [0.2, 0.25) is 0 Å². The predicted molar refractivity (Wildman–Crippen MR) is 80.0 cm³/mol. The first-order chi connectivity index (χ1) is 8.63. The quantitative estimate of drug-likeness (QED) is 0.554. The number of hydrogen-bond donors (Lipinski definition) is 0. The molecule has 0 amide bonds. The summed E-state index contributed by atoms with van der Waals surface area (Å²) in [6.45, 7) is 6.65. The van der Waals surface area contributed by atoms with Gasteiger partial charge in [0.05, 0.1) is 0 Å². The van der Waals surface area contributed by atoms with E-state index < -0.39 is 0 Å². The zero-order valence-corrected chi connectivity index (χ0v) is 12.5. The Morgan fingerprint density at radius 1 is 0.778 bits per heavy atom. The van der Waals surface area contributed by atoms with Crippen LogP contribution in [0.25, 0.3) is 0 Å². The van der Waals surface area contributed by atoms with E-state index in [1.54, 1.807) is 0 Å². The van der Waals surface area contributed by atoms with Crippen molar-refractivity contribution in [2.24, 2.45) is 0 Å². The summed E-state index contributed by atoms with van der Waals surface area (Å²) >= 11 is 3.80. The van der Waals surface area contributed by atoms with Gasteiger partial charge >= 0.3 is 0 Å². The molecule has 0 saturated heterocycles. The SMILES string of the molecule is Cc1ccc2c(c1)Sc1ccc(C(C)C)cc1S2. The van der Waals surface area contributed by atoms with Crippen molar-refractivity contribution in [3.63, 3.8) is 0 Å². The smallest absolute Gasteiger partial charge is 0.0265 e. The van der Waals surface area contributed by atoms with Crippen molar-refractivity contribution < 1.29 is 0 Å². The second-order valence-electron chi connectivity index (χ2n) is 5.02. The molecule has 0 radical (unpaired) electrons. The first-order valence-corrected chi connectivity index (χ1v) is 7.87. The lowest BCUT2D eigenvalue weighted by atomic mass is 10.0. The lowest BCUT2D eigenvalue weighted by molar-refractivity contribution is 0.857. The molecule has 92 valence electrons. The van der Waals surface area contributed by atoms with Crippen LogP contribution in [0.4, 0.5) is 0 Å². The zero-order valence-electron chi connectivity index (χ0n) is 10.9. The first-order valence-electron chi connectivity index (χ1n) is 6.24. The fraction of sp³-hybridized carbons (Fsp3) is 0.250. The summed E-state index contributed by atoms with van der Waals surface area (Å²) in [5.41, 5.74) is 2.77. The largest absolute Gasteiger partial charge is 0.0877 e. The number of benzene rings is 2. The molecular formula is C16H16S2. The number of hydrogen-bond acceptors (Lipinski definition) is 2. The Kier molecular flexibility index (Phi) is 3.16. The van der Waals surface area contributed by atoms with E-state index in [0.29, 0.717) is 5.92 Å². The van der Waals surface area contributed by atoms with Gasteiger partial charge in [-0.3, -0.25) is 0 Å². The number of fused-ring (bicyclic) bond motifs is 2. The molecule has 2 heteroatoms. The summed E-state index contributed by atoms with van der Waals surface area (Å²) in [6.07, 6.45) is 0. The van der Waals surface area contributed by atoms with Gasteiger partial charge in [0.15, 0.2) is 0 Å². The molecule has 0 saturated carbocycles. The summed E-state index contributed by atoms with van der Waals surface area (Å²) in [5.74, 6) is 0.598. The first kappa shape index (κ1) is 12.2. The van der Waals surface area contributed by atoms with Crippen molar-refractivity contribution in [2.45, 2.75) is 46.3 Å². The Balaban J connectivity index is 2.02. The van der Waals surface area contributed by atoms with Crippen LogP contribution in [0, 0.1) is 6.92 Å². The van der Waals surface area contributed by atoms with Crippen LogP contribution in [0.5, 0.6) is 0 Å². The minimum absolute atomic E-state index is 0.598. The van der Waals surface area contributed by atoms with Gasteiger partial charge in [0.25, 0.3) is 0 Å². The Morgan fingerprint density at radius 2 is 1.39 bits per heavy atom. The Hall–Kier alpha value is -0.860. The highest BCUT2D eigenvalue weighted by Crippen LogP contribution is 2.49. The van der Waals surface area contributed by atoms with Gasteiger partial charge in [-0.05, 0) is 48.2 Å². The number of aryl methyl sites for hydroxylation is 1. The van der Waals surface area contributed by atoms with Gasteiger partial charge in [-0.25, -0.2) is 0 Å². The van der Waals surface area contributed by atoms with Crippen molar-refractivity contribution in [2.75, 3.05) is 0 Å². The van der Waals surface area contributed by atoms with Crippen LogP contribution < -0.4 is 0 Å². The van der Waals surface area contributed by atoms with Crippen LogP contribution in [0.1, 0.15) is 30.9 Å². The maximum atomic E-state index is 2.35. The molecule has 2 aromatic rings. The Bertz CT molecular complexity index is 600. The van der Waals surface area contributed by atoms with Gasteiger partial charge in [-0.1, -0.05) is 49.5 Å². The maximum Gasteiger partial charge on any atom is 0.0265 e. The summed E-state index contributed by atoms with van der Waals surface area (Å²) in [5, 5.41) is 0. The van der Waals surface area contributed by atoms with E-state index in [2.05, 4.69) is 57.2 Å². The highest BCUT2D eigenvalue weighted by atomic mass is 32.2. The maximum absolute atomic E-state index is 2.35. The third kappa shape index (κ3) is 2.19. The topological polar surface area (TPSA) is 0 Å². The van der Waals surface area contributed by atoms with Crippen molar-refractivity contribution in [1.29, 1.82) is 0 Å². The van der Waals surface area contributed by atoms with E-state index in [1.165, 1.54) is 30.7 Å². The average molecular weight is 272 g/mol. The molecule has 1 aliphatic rings. The van der Waals surface area contributed by atoms with E-state index >= 15 is 0 Å². The fourth-order valence-corrected chi connectivity index (χ4v) is 4.41. The molecule has 0 atom stereocenters. The standard InChI is InChI=1S/C16H16S2/c1-10(2)12-5-7-14-16(9-12)18-13-6-4-11(3)8-15(13)17-14/h4-10H,1-3H3. The summed E-state index contributed by atoms with van der Waals surface area (Å²) < 4.78 is 0. The second kappa shape index (κ2) is 4.67. The lowest BCUT2D eigenvalue weighted by Gasteiger charge is -2.20. The Labute approximate surface area is 117 Å². The highest BCUT2D eigenvalue weighted by Gasteiger charge is 2.17. The van der Waals surface area contributed by atoms with Crippen LogP contribution in [0.3, 0.4) is 0 Å². The highest BCUT2D eigenvalue weighted by molar-refractivity contribution is 8.05. The molecule has 0 spiro atoms. The fourth-order valence-electron chi connectivity index (χ4n) is 2.06. The molecule has 3 rings (SSSR count). The molecule has 0 aromatic heterocycles. The van der Waals surface area contributed by atoms with Gasteiger partial charge in [0, 0.05) is 19.6 Å². The zero-order chi connectivity index (χ0) is 12.7. The number of rotatable bonds is 1. The average Bonchev–Trinajstić information content (AvgIpc) is 2.35. The third-order valence-corrected chi connectivity index (χ3v) is 5.70. The van der Waals surface area contributed by atoms with Crippen LogP contribution in [-0.4, -0.2) is 0 Å². The molecule has 0 bridgehead atoms. The summed E-state index contributed by atoms with van der Waals surface area (Å²) in [4.78, 5) is 5.58. The Morgan fingerprint density at radius 3 is 2.06 bits per heavy atom. The molecule has 1 heterocycles. The van der Waals surface area contributed by atoms with Crippen molar-refractivity contribution >= 4 is 23.5 Å². The molecule has 0 fully saturated rings. The molecule has 0 aliphatic carbocycles. The van der Waals surface area contributed by atoms with Gasteiger partial charge in [-0.2, -0.15) is 0 Å². The predicted octanol–water partition coefficient (Wildman–Crippen LogP) is 5.73. The molecule has 0 unspecified atom stereocenters. The molecule has 0 N–H and O–H groups in total. The van der Waals surface area contributed by atoms with E-state index in [9.17, 15) is 0 Å². The molecule has 0 nitrogen and oxygen atoms in total. The van der Waals surface area contributed by atoms with E-state index in [-0.39, 0.29) is 0 Å². The monoisotopic (exact) mass is 272 g/mol. The van der Waals surface area contributed by atoms with Crippen LogP contribution in [0.15, 0.2) is 56.0 Å². The summed E-state index contributed by atoms with van der Waals surface area (Å²) in [7, 11) is 0. The van der Waals surface area contributed by atoms with E-state index in [4.69, 9.17) is 0 Å². The van der Waals surface area contributed by atoms with Crippen LogP contribution in [0.2, 0.25) is 0 Å². The molecule has 18 heavy (non-hydrogen) atoms. The normalized spacial score (nSPS) is 13.3. The van der Waals surface area contributed by atoms with Gasteiger partial charge in [0.1, 0.15) is 0 Å². The van der Waals surface area contributed by atoms with Crippen molar-refractivity contribution in [1.82, 2.24) is 0 Å². The molecular weight excluding hydrogens is 256 g/mol. The summed E-state index contributed by atoms with van der Waals surface area (Å²) in [6, 6.07) is 13.6. The van der Waals surface area contributed by atoms with Crippen molar-refractivity contribution in [3.05, 3.63) is 47.5 Å².